The van der Waals surface area contributed by atoms with E-state index in [0.29, 0.717) is 18.8 Å². The lowest BCUT2D eigenvalue weighted by atomic mass is 9.74. The predicted molar refractivity (Wildman–Crippen MR) is 183 cm³/mol. The lowest BCUT2D eigenvalue weighted by molar-refractivity contribution is -0.295. The lowest BCUT2D eigenvalue weighted by Gasteiger charge is -2.47. The summed E-state index contributed by atoms with van der Waals surface area (Å²) in [5.74, 6) is -0.969. The van der Waals surface area contributed by atoms with Gasteiger partial charge in [-0.05, 0) is 106 Å². The number of Topliss-reactive ketones (excluding diaryl/α,β-unsaturated/α-hetero) is 1. The van der Waals surface area contributed by atoms with Gasteiger partial charge < -0.3 is 38.4 Å². The molecule has 0 radical (unpaired) electrons. The van der Waals surface area contributed by atoms with E-state index in [2.05, 4.69) is 23.8 Å². The van der Waals surface area contributed by atoms with Crippen LogP contribution in [0.15, 0.2) is 0 Å². The van der Waals surface area contributed by atoms with Gasteiger partial charge in [0.05, 0.1) is 17.8 Å². The number of hydrogen-bond donors (Lipinski definition) is 1. The molecule has 3 heterocycles. The molecule has 9 atom stereocenters. The van der Waals surface area contributed by atoms with E-state index in [1.165, 1.54) is 0 Å². The minimum atomic E-state index is -1.42. The van der Waals surface area contributed by atoms with Crippen molar-refractivity contribution in [3.63, 3.8) is 0 Å². The van der Waals surface area contributed by atoms with Gasteiger partial charge in [-0.2, -0.15) is 0 Å². The highest BCUT2D eigenvalue weighted by Crippen LogP contribution is 2.38. The number of esters is 1. The first-order chi connectivity index (χ1) is 22.5. The zero-order valence-corrected chi connectivity index (χ0v) is 31.9. The molecule has 3 saturated heterocycles. The topological polar surface area (TPSA) is 119 Å². The van der Waals surface area contributed by atoms with E-state index in [0.717, 1.165) is 45.4 Å². The molecule has 3 aliphatic rings. The first-order valence-electron chi connectivity index (χ1n) is 17.9. The van der Waals surface area contributed by atoms with Crippen LogP contribution < -0.4 is 0 Å². The van der Waals surface area contributed by atoms with Gasteiger partial charge in [0.2, 0.25) is 0 Å². The van der Waals surface area contributed by atoms with Crippen LogP contribution >= 0.6 is 0 Å². The van der Waals surface area contributed by atoms with Crippen LogP contribution in [0, 0.1) is 23.2 Å². The largest absolute Gasteiger partial charge is 0.463 e. The Morgan fingerprint density at radius 2 is 1.67 bits per heavy atom. The predicted octanol–water partition coefficient (Wildman–Crippen LogP) is 3.04. The number of rotatable bonds is 10. The van der Waals surface area contributed by atoms with Gasteiger partial charge in [-0.3, -0.25) is 19.4 Å². The molecule has 0 aromatic carbocycles. The number of likely N-dealkylation sites (N-methyl/N-ethyl adjacent to an activating group) is 2. The Balaban J connectivity index is 1.86. The van der Waals surface area contributed by atoms with Gasteiger partial charge in [0.25, 0.3) is 0 Å². The van der Waals surface area contributed by atoms with Crippen LogP contribution in [-0.4, -0.2) is 155 Å². The number of piperidine rings is 1. The molecule has 0 saturated carbocycles. The Kier molecular flexibility index (Phi) is 15.3. The van der Waals surface area contributed by atoms with Crippen molar-refractivity contribution >= 4 is 11.8 Å². The van der Waals surface area contributed by atoms with Gasteiger partial charge in [0, 0.05) is 52.4 Å². The van der Waals surface area contributed by atoms with Gasteiger partial charge in [0.15, 0.2) is 18.4 Å². The number of ether oxygens (including phenoxy) is 6. The fourth-order valence-corrected chi connectivity index (χ4v) is 8.08. The summed E-state index contributed by atoms with van der Waals surface area (Å²) in [6, 6.07) is -0.178. The fourth-order valence-electron chi connectivity index (χ4n) is 8.08. The van der Waals surface area contributed by atoms with E-state index in [-0.39, 0.29) is 42.8 Å². The minimum absolute atomic E-state index is 0.00110. The van der Waals surface area contributed by atoms with Crippen LogP contribution in [0.3, 0.4) is 0 Å². The number of cyclic esters (lactones) is 1. The molecule has 1 N–H and O–H groups in total. The highest BCUT2D eigenvalue weighted by Gasteiger charge is 2.51. The molecule has 48 heavy (non-hydrogen) atoms. The third-order valence-electron chi connectivity index (χ3n) is 11.2. The van der Waals surface area contributed by atoms with Crippen molar-refractivity contribution in [2.75, 3.05) is 75.3 Å². The second kappa shape index (κ2) is 17.8. The van der Waals surface area contributed by atoms with Gasteiger partial charge in [-0.1, -0.05) is 13.8 Å². The van der Waals surface area contributed by atoms with E-state index < -0.39 is 41.4 Å². The van der Waals surface area contributed by atoms with Crippen molar-refractivity contribution in [2.45, 2.75) is 122 Å². The number of aliphatic hydroxyl groups is 1. The molecule has 0 aromatic rings. The number of aliphatic hydroxyl groups excluding tert-OH is 1. The highest BCUT2D eigenvalue weighted by atomic mass is 16.7. The maximum absolute atomic E-state index is 14.3. The Bertz CT molecular complexity index is 1020. The van der Waals surface area contributed by atoms with Crippen molar-refractivity contribution in [3.8, 4) is 0 Å². The van der Waals surface area contributed by atoms with Crippen LogP contribution in [0.5, 0.6) is 0 Å². The summed E-state index contributed by atoms with van der Waals surface area (Å²) in [6.07, 6.45) is 1.12. The van der Waals surface area contributed by atoms with Crippen LogP contribution in [0.2, 0.25) is 0 Å². The molecule has 0 spiro atoms. The van der Waals surface area contributed by atoms with Gasteiger partial charge >= 0.3 is 5.97 Å². The summed E-state index contributed by atoms with van der Waals surface area (Å²) < 4.78 is 35.9. The first-order valence-corrected chi connectivity index (χ1v) is 17.9. The SMILES string of the molecule is COC(CN1CCC(C[C@@H]2COC(=O)C(C)(C)C(=O)[C@H](C)[C@@H](O[C@@H]3O[C@H](C)C[C@H](N(C)C)[C@H]3O)[C@](C)(OC)C[C@@H](C)CN2C)CC1)OC. The Labute approximate surface area is 290 Å². The summed E-state index contributed by atoms with van der Waals surface area (Å²) in [5, 5.41) is 11.3. The zero-order chi connectivity index (χ0) is 36.0. The average molecular weight is 686 g/mol. The monoisotopic (exact) mass is 685 g/mol. The molecule has 0 aliphatic carbocycles. The summed E-state index contributed by atoms with van der Waals surface area (Å²) in [5.41, 5.74) is -2.35. The summed E-state index contributed by atoms with van der Waals surface area (Å²) in [6.45, 7) is 14.8. The van der Waals surface area contributed by atoms with E-state index in [9.17, 15) is 14.7 Å². The van der Waals surface area contributed by atoms with Gasteiger partial charge in [0.1, 0.15) is 18.1 Å². The minimum Gasteiger partial charge on any atom is -0.463 e. The number of ketones is 1. The number of hydrogen-bond acceptors (Lipinski definition) is 12. The number of carbonyl (C=O) groups is 2. The molecule has 3 rings (SSSR count). The summed E-state index contributed by atoms with van der Waals surface area (Å²) in [4.78, 5) is 34.6. The highest BCUT2D eigenvalue weighted by molar-refractivity contribution is 6.04. The second-order valence-corrected chi connectivity index (χ2v) is 15.8. The third kappa shape index (κ3) is 10.2. The lowest BCUT2D eigenvalue weighted by Crippen LogP contribution is -2.59. The molecule has 280 valence electrons. The molecule has 0 bridgehead atoms. The van der Waals surface area contributed by atoms with E-state index in [4.69, 9.17) is 28.4 Å². The normalized spacial score (nSPS) is 37.2. The van der Waals surface area contributed by atoms with E-state index in [1.54, 1.807) is 42.1 Å². The van der Waals surface area contributed by atoms with Crippen LogP contribution in [0.1, 0.15) is 73.6 Å². The molecule has 3 aliphatic heterocycles. The number of likely N-dealkylation sites (tertiary alicyclic amines) is 1. The number of nitrogens with zero attached hydrogens (tertiary/aromatic N) is 3. The first kappa shape index (κ1) is 41.2. The molecule has 12 nitrogen and oxygen atoms in total. The Hall–Kier alpha value is -1.22. The standard InChI is InChI=1S/C36H67N3O9/c1-23-19-36(6,45-12)32(48-33-30(40)28(37(7)8)17-24(2)47-33)25(3)31(41)35(4,5)34(42)46-22-27(38(9)20-23)18-26-13-15-39(16-14-26)21-29(43-10)44-11/h23-30,32-33,40H,13-22H2,1-12H3/t23-,24-,25+,27-,28+,30-,32-,33+,36-/m1/s1. The molecule has 0 unspecified atom stereocenters. The van der Waals surface area contributed by atoms with Gasteiger partial charge in [-0.15, -0.1) is 0 Å². The molecule has 12 heteroatoms. The quantitative estimate of drug-likeness (QED) is 0.207. The third-order valence-corrected chi connectivity index (χ3v) is 11.2. The second-order valence-electron chi connectivity index (χ2n) is 15.8. The zero-order valence-electron chi connectivity index (χ0n) is 31.9. The fraction of sp³-hybridized carbons (Fsp3) is 0.944. The van der Waals surface area contributed by atoms with E-state index >= 15 is 0 Å². The van der Waals surface area contributed by atoms with Crippen molar-refractivity contribution in [1.29, 1.82) is 0 Å². The molecule has 0 aromatic heterocycles. The van der Waals surface area contributed by atoms with E-state index in [1.807, 2.05) is 32.8 Å². The van der Waals surface area contributed by atoms with Gasteiger partial charge in [-0.25, -0.2) is 0 Å². The maximum Gasteiger partial charge on any atom is 0.319 e. The maximum atomic E-state index is 14.3. The summed E-state index contributed by atoms with van der Waals surface area (Å²) in [7, 11) is 10.9. The number of methoxy groups -OCH3 is 3. The molecule has 0 amide bonds. The van der Waals surface area contributed by atoms with Crippen LogP contribution in [0.25, 0.3) is 0 Å². The number of carbonyl (C=O) groups excluding carboxylic acids is 2. The smallest absolute Gasteiger partial charge is 0.319 e. The average Bonchev–Trinajstić information content (AvgIpc) is 3.04. The molecular formula is C36H67N3O9. The summed E-state index contributed by atoms with van der Waals surface area (Å²) >= 11 is 0. The van der Waals surface area contributed by atoms with Crippen LogP contribution in [-0.2, 0) is 38.0 Å². The van der Waals surface area contributed by atoms with Crippen molar-refractivity contribution < 1.29 is 43.1 Å². The Morgan fingerprint density at radius 1 is 1.04 bits per heavy atom. The van der Waals surface area contributed by atoms with Crippen molar-refractivity contribution in [1.82, 2.24) is 14.7 Å². The van der Waals surface area contributed by atoms with Crippen molar-refractivity contribution in [2.24, 2.45) is 23.2 Å². The van der Waals surface area contributed by atoms with Crippen molar-refractivity contribution in [3.05, 3.63) is 0 Å². The Morgan fingerprint density at radius 3 is 2.23 bits per heavy atom. The molecular weight excluding hydrogens is 618 g/mol. The van der Waals surface area contributed by atoms with Crippen LogP contribution in [0.4, 0.5) is 0 Å². The molecule has 3 fully saturated rings.